The normalized spacial score (nSPS) is 20.0. The Morgan fingerprint density at radius 2 is 1.71 bits per heavy atom. The number of esters is 1. The summed E-state index contributed by atoms with van der Waals surface area (Å²) in [7, 11) is 1.60. The van der Waals surface area contributed by atoms with E-state index in [0.717, 1.165) is 23.4 Å². The molecule has 1 N–H and O–H groups in total. The Labute approximate surface area is 244 Å². The average molecular weight is 558 g/mol. The summed E-state index contributed by atoms with van der Waals surface area (Å²) in [5, 5.41) is 3.54. The van der Waals surface area contributed by atoms with Crippen molar-refractivity contribution < 1.29 is 23.7 Å². The lowest BCUT2D eigenvalue weighted by atomic mass is 9.86. The molecule has 3 aromatic rings. The van der Waals surface area contributed by atoms with Crippen LogP contribution in [-0.2, 0) is 16.0 Å². The van der Waals surface area contributed by atoms with Crippen molar-refractivity contribution in [2.45, 2.75) is 83.6 Å². The highest BCUT2D eigenvalue weighted by Crippen LogP contribution is 2.45. The van der Waals surface area contributed by atoms with Crippen molar-refractivity contribution in [3.63, 3.8) is 0 Å². The minimum absolute atomic E-state index is 0.410. The molecule has 0 saturated heterocycles. The molecule has 41 heavy (non-hydrogen) atoms. The predicted octanol–water partition coefficient (Wildman–Crippen LogP) is 8.04. The third-order valence-corrected chi connectivity index (χ3v) is 8.37. The van der Waals surface area contributed by atoms with Gasteiger partial charge in [0, 0.05) is 24.4 Å². The largest absolute Gasteiger partial charge is 0.497 e. The van der Waals surface area contributed by atoms with Crippen LogP contribution >= 0.6 is 0 Å². The number of carbonyl (C=O) groups is 1. The van der Waals surface area contributed by atoms with Crippen LogP contribution in [0.4, 0.5) is 5.69 Å². The van der Waals surface area contributed by atoms with Crippen LogP contribution in [0.25, 0.3) is 0 Å². The zero-order valence-electron chi connectivity index (χ0n) is 24.8. The van der Waals surface area contributed by atoms with E-state index in [4.69, 9.17) is 18.9 Å². The van der Waals surface area contributed by atoms with E-state index in [9.17, 15) is 4.79 Å². The van der Waals surface area contributed by atoms with Crippen LogP contribution in [0, 0.1) is 12.8 Å². The van der Waals surface area contributed by atoms with E-state index in [1.54, 1.807) is 31.4 Å². The summed E-state index contributed by atoms with van der Waals surface area (Å²) in [5.41, 5.74) is 3.98. The molecule has 0 radical (unpaired) electrons. The fourth-order valence-corrected chi connectivity index (χ4v) is 5.88. The van der Waals surface area contributed by atoms with Gasteiger partial charge in [-0.05, 0) is 81.1 Å². The lowest BCUT2D eigenvalue weighted by Gasteiger charge is -2.44. The number of benzene rings is 3. The monoisotopic (exact) mass is 557 g/mol. The van der Waals surface area contributed by atoms with Crippen molar-refractivity contribution in [1.29, 1.82) is 0 Å². The number of anilines is 1. The number of carbonyl (C=O) groups excluding carboxylic acids is 1. The van der Waals surface area contributed by atoms with E-state index in [1.807, 2.05) is 26.0 Å². The van der Waals surface area contributed by atoms with Crippen LogP contribution < -0.4 is 14.8 Å². The van der Waals surface area contributed by atoms with Crippen molar-refractivity contribution in [3.8, 4) is 11.5 Å². The molecule has 3 aromatic carbocycles. The molecule has 0 spiro atoms. The molecule has 1 heterocycles. The van der Waals surface area contributed by atoms with Gasteiger partial charge in [0.25, 0.3) is 0 Å². The van der Waals surface area contributed by atoms with Crippen LogP contribution in [0.15, 0.2) is 66.7 Å². The zero-order valence-corrected chi connectivity index (χ0v) is 24.8. The summed E-state index contributed by atoms with van der Waals surface area (Å²) >= 11 is 0. The van der Waals surface area contributed by atoms with E-state index in [1.165, 1.54) is 43.2 Å². The summed E-state index contributed by atoms with van der Waals surface area (Å²) < 4.78 is 24.6. The second kappa shape index (κ2) is 13.0. The molecule has 0 amide bonds. The molecule has 218 valence electrons. The fraction of sp³-hybridized carbons (Fsp3) is 0.457. The van der Waals surface area contributed by atoms with Gasteiger partial charge in [0.05, 0.1) is 12.7 Å². The maximum absolute atomic E-state index is 13.3. The average Bonchev–Trinajstić information content (AvgIpc) is 2.98. The summed E-state index contributed by atoms with van der Waals surface area (Å²) in [6, 6.07) is 21.6. The third-order valence-electron chi connectivity index (χ3n) is 8.37. The van der Waals surface area contributed by atoms with Gasteiger partial charge in [-0.25, -0.2) is 4.79 Å². The van der Waals surface area contributed by atoms with E-state index >= 15 is 0 Å². The standard InChI is InChI=1S/C35H43NO5/c1-24-10-12-26(13-11-24)23-36-28-16-19-31-30(22-28)32(39-21-20-25-8-6-5-7-9-25)33(35(2,3)41-31)40-34(37)27-14-17-29(38-4)18-15-27/h10-19,22,25,32-33,36H,5-9,20-21,23H2,1-4H3. The van der Waals surface area contributed by atoms with Gasteiger partial charge in [0.2, 0.25) is 0 Å². The third kappa shape index (κ3) is 7.23. The second-order valence-electron chi connectivity index (χ2n) is 11.9. The first-order valence-corrected chi connectivity index (χ1v) is 14.9. The Bertz CT molecular complexity index is 1300. The first kappa shape index (κ1) is 29.0. The Morgan fingerprint density at radius 3 is 2.41 bits per heavy atom. The predicted molar refractivity (Wildman–Crippen MR) is 162 cm³/mol. The van der Waals surface area contributed by atoms with Crippen molar-refractivity contribution in [3.05, 3.63) is 89.0 Å². The first-order chi connectivity index (χ1) is 19.8. The number of aryl methyl sites for hydroxylation is 1. The molecule has 1 aliphatic carbocycles. The Hall–Kier alpha value is -3.51. The number of ether oxygens (including phenoxy) is 4. The van der Waals surface area contributed by atoms with Crippen molar-refractivity contribution in [1.82, 2.24) is 0 Å². The Balaban J connectivity index is 1.38. The molecule has 6 heteroatoms. The molecule has 6 nitrogen and oxygen atoms in total. The quantitative estimate of drug-likeness (QED) is 0.255. The molecule has 1 saturated carbocycles. The number of hydrogen-bond donors (Lipinski definition) is 1. The lowest BCUT2D eigenvalue weighted by Crippen LogP contribution is -2.51. The maximum atomic E-state index is 13.3. The Morgan fingerprint density at radius 1 is 0.976 bits per heavy atom. The summed E-state index contributed by atoms with van der Waals surface area (Å²) in [6.45, 7) is 7.33. The molecular weight excluding hydrogens is 514 g/mol. The van der Waals surface area contributed by atoms with Crippen LogP contribution in [0.5, 0.6) is 11.5 Å². The Kier molecular flexibility index (Phi) is 9.19. The van der Waals surface area contributed by atoms with E-state index < -0.39 is 23.8 Å². The zero-order chi connectivity index (χ0) is 28.8. The summed E-state index contributed by atoms with van der Waals surface area (Å²) in [6.07, 6.45) is 6.39. The molecule has 5 rings (SSSR count). The topological polar surface area (TPSA) is 66.0 Å². The summed E-state index contributed by atoms with van der Waals surface area (Å²) in [4.78, 5) is 13.3. The van der Waals surface area contributed by atoms with Gasteiger partial charge in [0.15, 0.2) is 6.10 Å². The van der Waals surface area contributed by atoms with Gasteiger partial charge in [-0.2, -0.15) is 0 Å². The van der Waals surface area contributed by atoms with Crippen molar-refractivity contribution in [2.75, 3.05) is 19.0 Å². The maximum Gasteiger partial charge on any atom is 0.338 e. The molecule has 1 fully saturated rings. The van der Waals surface area contributed by atoms with Crippen molar-refractivity contribution >= 4 is 11.7 Å². The van der Waals surface area contributed by atoms with Crippen LogP contribution in [0.1, 0.15) is 85.5 Å². The van der Waals surface area contributed by atoms with E-state index in [0.29, 0.717) is 30.4 Å². The molecule has 0 bridgehead atoms. The highest BCUT2D eigenvalue weighted by atomic mass is 16.6. The van der Waals surface area contributed by atoms with Gasteiger partial charge in [-0.15, -0.1) is 0 Å². The van der Waals surface area contributed by atoms with Gasteiger partial charge in [-0.3, -0.25) is 0 Å². The van der Waals surface area contributed by atoms with Gasteiger partial charge < -0.3 is 24.3 Å². The van der Waals surface area contributed by atoms with Crippen LogP contribution in [0.3, 0.4) is 0 Å². The second-order valence-corrected chi connectivity index (χ2v) is 11.9. The molecule has 1 aliphatic heterocycles. The molecule has 0 aromatic heterocycles. The van der Waals surface area contributed by atoms with Gasteiger partial charge in [0.1, 0.15) is 23.2 Å². The highest BCUT2D eigenvalue weighted by molar-refractivity contribution is 5.89. The lowest BCUT2D eigenvalue weighted by molar-refractivity contribution is -0.141. The molecule has 2 atom stereocenters. The van der Waals surface area contributed by atoms with Crippen LogP contribution in [0.2, 0.25) is 0 Å². The van der Waals surface area contributed by atoms with Gasteiger partial charge >= 0.3 is 5.97 Å². The summed E-state index contributed by atoms with van der Waals surface area (Å²) in [5.74, 6) is 1.73. The SMILES string of the molecule is COc1ccc(C(=O)OC2C(OCCC3CCCCC3)c3cc(NCc4ccc(C)cc4)ccc3OC2(C)C)cc1. The number of rotatable bonds is 10. The fourth-order valence-electron chi connectivity index (χ4n) is 5.88. The molecule has 2 aliphatic rings. The minimum atomic E-state index is -0.790. The minimum Gasteiger partial charge on any atom is -0.497 e. The first-order valence-electron chi connectivity index (χ1n) is 14.9. The van der Waals surface area contributed by atoms with Gasteiger partial charge in [-0.1, -0.05) is 61.9 Å². The van der Waals surface area contributed by atoms with E-state index in [-0.39, 0.29) is 0 Å². The van der Waals surface area contributed by atoms with Crippen molar-refractivity contribution in [2.24, 2.45) is 5.92 Å². The number of nitrogens with one attached hydrogen (secondary N) is 1. The number of hydrogen-bond acceptors (Lipinski definition) is 6. The smallest absolute Gasteiger partial charge is 0.338 e. The highest BCUT2D eigenvalue weighted by Gasteiger charge is 2.47. The molecular formula is C35H43NO5. The van der Waals surface area contributed by atoms with E-state index in [2.05, 4.69) is 42.6 Å². The van der Waals surface area contributed by atoms with Crippen LogP contribution in [-0.4, -0.2) is 31.4 Å². The molecule has 2 unspecified atom stereocenters. The number of methoxy groups -OCH3 is 1. The number of fused-ring (bicyclic) bond motifs is 1.